The summed E-state index contributed by atoms with van der Waals surface area (Å²) in [7, 11) is -1.40. The second-order valence-electron chi connectivity index (χ2n) is 6.63. The van der Waals surface area contributed by atoms with Gasteiger partial charge in [0.1, 0.15) is 5.75 Å². The van der Waals surface area contributed by atoms with Crippen molar-refractivity contribution in [2.75, 3.05) is 29.2 Å². The van der Waals surface area contributed by atoms with Crippen LogP contribution in [0.25, 0.3) is 0 Å². The van der Waals surface area contributed by atoms with Gasteiger partial charge in [0.05, 0.1) is 24.7 Å². The Morgan fingerprint density at radius 1 is 1.14 bits per heavy atom. The van der Waals surface area contributed by atoms with Gasteiger partial charge in [-0.05, 0) is 30.3 Å². The molecule has 0 saturated carbocycles. The molecule has 4 rings (SSSR count). The summed E-state index contributed by atoms with van der Waals surface area (Å²) in [6.45, 7) is 0. The zero-order valence-corrected chi connectivity index (χ0v) is 16.7. The number of hydrogen-bond acceptors (Lipinski definition) is 7. The summed E-state index contributed by atoms with van der Waals surface area (Å²) in [4.78, 5) is 17.0. The maximum Gasteiger partial charge on any atom is 0.255 e. The fourth-order valence-electron chi connectivity index (χ4n) is 3.18. The molecule has 1 fully saturated rings. The lowest BCUT2D eigenvalue weighted by molar-refractivity contribution is 0.102. The Morgan fingerprint density at radius 3 is 2.71 bits per heavy atom. The number of amides is 1. The number of thioether (sulfide) groups is 1. The molecular formula is C19H19N3O4S2. The third-order valence-electron chi connectivity index (χ3n) is 4.52. The smallest absolute Gasteiger partial charge is 0.255 e. The van der Waals surface area contributed by atoms with Crippen molar-refractivity contribution in [1.82, 2.24) is 0 Å². The molecule has 2 unspecified atom stereocenters. The lowest BCUT2D eigenvalue weighted by Gasteiger charge is -2.10. The molecule has 9 heteroatoms. The molecule has 2 aliphatic heterocycles. The van der Waals surface area contributed by atoms with Crippen molar-refractivity contribution in [2.24, 2.45) is 4.99 Å². The zero-order chi connectivity index (χ0) is 19.7. The van der Waals surface area contributed by atoms with E-state index in [9.17, 15) is 13.2 Å². The number of ether oxygens (including phenoxy) is 1. The highest BCUT2D eigenvalue weighted by molar-refractivity contribution is 8.15. The minimum Gasteiger partial charge on any atom is -0.497 e. The highest BCUT2D eigenvalue weighted by Crippen LogP contribution is 2.34. The Morgan fingerprint density at radius 2 is 1.93 bits per heavy atom. The van der Waals surface area contributed by atoms with Crippen LogP contribution in [0.2, 0.25) is 0 Å². The van der Waals surface area contributed by atoms with Gasteiger partial charge in [0.2, 0.25) is 0 Å². The first-order valence-corrected chi connectivity index (χ1v) is 11.4. The summed E-state index contributed by atoms with van der Waals surface area (Å²) in [5, 5.41) is 6.71. The minimum atomic E-state index is -2.97. The van der Waals surface area contributed by atoms with E-state index in [0.29, 0.717) is 22.2 Å². The Labute approximate surface area is 167 Å². The Kier molecular flexibility index (Phi) is 5.03. The number of amidine groups is 1. The average Bonchev–Trinajstić information content (AvgIpc) is 3.14. The van der Waals surface area contributed by atoms with Crippen LogP contribution in [-0.2, 0) is 9.84 Å². The molecule has 2 atom stereocenters. The van der Waals surface area contributed by atoms with E-state index in [4.69, 9.17) is 4.74 Å². The quantitative estimate of drug-likeness (QED) is 0.794. The number of carbonyl (C=O) groups is 1. The van der Waals surface area contributed by atoms with E-state index in [0.717, 1.165) is 5.69 Å². The number of fused-ring (bicyclic) bond motifs is 1. The lowest BCUT2D eigenvalue weighted by atomic mass is 10.2. The molecule has 2 heterocycles. The Balaban J connectivity index is 1.44. The predicted molar refractivity (Wildman–Crippen MR) is 112 cm³/mol. The van der Waals surface area contributed by atoms with E-state index in [-0.39, 0.29) is 28.7 Å². The van der Waals surface area contributed by atoms with E-state index in [2.05, 4.69) is 15.6 Å². The standard InChI is InChI=1S/C19H19N3O4S2/c1-26-15-7-3-6-14(9-15)20-18(23)12-4-2-5-13(8-12)21-19-22-16-10-28(24,25)11-17(16)27-19/h2-9,16-17H,10-11H2,1H3,(H,20,23)(H,21,22). The molecule has 1 saturated heterocycles. The van der Waals surface area contributed by atoms with Gasteiger partial charge in [-0.3, -0.25) is 9.79 Å². The number of aliphatic imine (C=N–C) groups is 1. The van der Waals surface area contributed by atoms with Gasteiger partial charge in [0.15, 0.2) is 15.0 Å². The van der Waals surface area contributed by atoms with Crippen molar-refractivity contribution in [3.63, 3.8) is 0 Å². The monoisotopic (exact) mass is 417 g/mol. The van der Waals surface area contributed by atoms with E-state index in [1.54, 1.807) is 49.6 Å². The van der Waals surface area contributed by atoms with Crippen LogP contribution in [0.3, 0.4) is 0 Å². The van der Waals surface area contributed by atoms with E-state index < -0.39 is 9.84 Å². The maximum absolute atomic E-state index is 12.6. The minimum absolute atomic E-state index is 0.0213. The van der Waals surface area contributed by atoms with Gasteiger partial charge < -0.3 is 15.4 Å². The first-order chi connectivity index (χ1) is 13.4. The van der Waals surface area contributed by atoms with Crippen LogP contribution in [-0.4, -0.2) is 49.4 Å². The molecule has 0 aliphatic carbocycles. The van der Waals surface area contributed by atoms with Crippen LogP contribution >= 0.6 is 11.8 Å². The number of sulfone groups is 1. The van der Waals surface area contributed by atoms with Crippen molar-refractivity contribution < 1.29 is 17.9 Å². The largest absolute Gasteiger partial charge is 0.497 e. The molecule has 1 amide bonds. The van der Waals surface area contributed by atoms with E-state index >= 15 is 0 Å². The van der Waals surface area contributed by atoms with Gasteiger partial charge in [-0.15, -0.1) is 0 Å². The van der Waals surface area contributed by atoms with Gasteiger partial charge in [-0.25, -0.2) is 8.42 Å². The molecule has 0 spiro atoms. The summed E-state index contributed by atoms with van der Waals surface area (Å²) >= 11 is 1.44. The van der Waals surface area contributed by atoms with Crippen LogP contribution in [0, 0.1) is 0 Å². The van der Waals surface area contributed by atoms with Crippen LogP contribution in [0.15, 0.2) is 53.5 Å². The number of nitrogens with one attached hydrogen (secondary N) is 2. The van der Waals surface area contributed by atoms with Crippen molar-refractivity contribution in [3.05, 3.63) is 54.1 Å². The van der Waals surface area contributed by atoms with Gasteiger partial charge in [0, 0.05) is 28.3 Å². The number of anilines is 2. The molecule has 2 aromatic rings. The second kappa shape index (κ2) is 7.48. The van der Waals surface area contributed by atoms with Crippen LogP contribution < -0.4 is 15.4 Å². The average molecular weight is 418 g/mol. The number of rotatable bonds is 4. The number of carbonyl (C=O) groups excluding carboxylic acids is 1. The van der Waals surface area contributed by atoms with Crippen molar-refractivity contribution in [3.8, 4) is 5.75 Å². The van der Waals surface area contributed by atoms with E-state index in [1.165, 1.54) is 11.8 Å². The van der Waals surface area contributed by atoms with Gasteiger partial charge in [-0.1, -0.05) is 23.9 Å². The van der Waals surface area contributed by atoms with E-state index in [1.807, 2.05) is 6.07 Å². The molecular weight excluding hydrogens is 398 g/mol. The molecule has 146 valence electrons. The number of benzene rings is 2. The van der Waals surface area contributed by atoms with Gasteiger partial charge >= 0.3 is 0 Å². The van der Waals surface area contributed by atoms with Crippen molar-refractivity contribution in [1.29, 1.82) is 0 Å². The summed E-state index contributed by atoms with van der Waals surface area (Å²) in [6, 6.07) is 14.1. The molecule has 0 bridgehead atoms. The molecule has 2 N–H and O–H groups in total. The van der Waals surface area contributed by atoms with Crippen molar-refractivity contribution in [2.45, 2.75) is 11.3 Å². The fraction of sp³-hybridized carbons (Fsp3) is 0.263. The number of hydrogen-bond donors (Lipinski definition) is 2. The third kappa shape index (κ3) is 4.15. The second-order valence-corrected chi connectivity index (χ2v) is 10.0. The predicted octanol–water partition coefficient (Wildman–Crippen LogP) is 2.63. The highest BCUT2D eigenvalue weighted by atomic mass is 32.2. The molecule has 0 radical (unpaired) electrons. The lowest BCUT2D eigenvalue weighted by Crippen LogP contribution is -2.14. The molecule has 2 aliphatic rings. The highest BCUT2D eigenvalue weighted by Gasteiger charge is 2.42. The summed E-state index contributed by atoms with van der Waals surface area (Å²) in [6.07, 6.45) is 0. The molecule has 0 aromatic heterocycles. The number of nitrogens with zero attached hydrogens (tertiary/aromatic N) is 1. The van der Waals surface area contributed by atoms with Crippen LogP contribution in [0.4, 0.5) is 11.4 Å². The van der Waals surface area contributed by atoms with Crippen molar-refractivity contribution >= 4 is 44.0 Å². The zero-order valence-electron chi connectivity index (χ0n) is 15.1. The van der Waals surface area contributed by atoms with Crippen LogP contribution in [0.1, 0.15) is 10.4 Å². The third-order valence-corrected chi connectivity index (χ3v) is 7.66. The molecule has 2 aromatic carbocycles. The Bertz CT molecular complexity index is 1050. The number of methoxy groups -OCH3 is 1. The summed E-state index contributed by atoms with van der Waals surface area (Å²) in [5.41, 5.74) is 1.87. The maximum atomic E-state index is 12.6. The van der Waals surface area contributed by atoms with Crippen LogP contribution in [0.5, 0.6) is 5.75 Å². The summed E-state index contributed by atoms with van der Waals surface area (Å²) in [5.74, 6) is 0.705. The van der Waals surface area contributed by atoms with Gasteiger partial charge in [-0.2, -0.15) is 0 Å². The summed E-state index contributed by atoms with van der Waals surface area (Å²) < 4.78 is 28.5. The molecule has 28 heavy (non-hydrogen) atoms. The fourth-order valence-corrected chi connectivity index (χ4v) is 6.86. The molecule has 7 nitrogen and oxygen atoms in total. The normalized spacial score (nSPS) is 22.2. The SMILES string of the molecule is COc1cccc(NC(=O)c2cccc(NC3=NC4CS(=O)(=O)CC4S3)c2)c1. The first-order valence-electron chi connectivity index (χ1n) is 8.69. The Hall–Kier alpha value is -2.52. The first kappa shape index (κ1) is 18.8. The topological polar surface area (TPSA) is 96.9 Å². The van der Waals surface area contributed by atoms with Gasteiger partial charge in [0.25, 0.3) is 5.91 Å².